The van der Waals surface area contributed by atoms with Crippen LogP contribution in [0.4, 0.5) is 5.69 Å². The summed E-state index contributed by atoms with van der Waals surface area (Å²) in [4.78, 5) is 12.9. The van der Waals surface area contributed by atoms with Crippen molar-refractivity contribution in [2.75, 3.05) is 5.32 Å². The number of rotatable bonds is 0. The molecule has 0 atom stereocenters. The fourth-order valence-corrected chi connectivity index (χ4v) is 3.58. The van der Waals surface area contributed by atoms with Gasteiger partial charge in [0.15, 0.2) is 0 Å². The van der Waals surface area contributed by atoms with E-state index in [9.17, 15) is 4.79 Å². The van der Waals surface area contributed by atoms with E-state index in [4.69, 9.17) is 0 Å². The largest absolute Gasteiger partial charge is 0.321 e. The number of nitrogens with one attached hydrogen (secondary N) is 1. The van der Waals surface area contributed by atoms with Gasteiger partial charge in [0.05, 0.1) is 15.5 Å². The maximum absolute atomic E-state index is 11.8. The summed E-state index contributed by atoms with van der Waals surface area (Å²) in [5.41, 5.74) is 1.68. The summed E-state index contributed by atoms with van der Waals surface area (Å²) in [5, 5.41) is 4.86. The van der Waals surface area contributed by atoms with Crippen LogP contribution in [0.3, 0.4) is 0 Å². The third-order valence-corrected chi connectivity index (χ3v) is 4.44. The first-order valence-electron chi connectivity index (χ1n) is 4.50. The van der Waals surface area contributed by atoms with Crippen LogP contribution in [0.5, 0.6) is 0 Å². The Balaban J connectivity index is 2.18. The van der Waals surface area contributed by atoms with Crippen molar-refractivity contribution in [2.24, 2.45) is 0 Å². The molecule has 3 rings (SSSR count). The van der Waals surface area contributed by atoms with Crippen molar-refractivity contribution >= 4 is 34.7 Å². The number of fused-ring (bicyclic) bond motifs is 2. The first-order chi connectivity index (χ1) is 7.34. The van der Waals surface area contributed by atoms with Crippen molar-refractivity contribution in [3.8, 4) is 0 Å². The molecule has 0 radical (unpaired) electrons. The fraction of sp³-hybridized carbons (Fsp3) is 0. The Kier molecular flexibility index (Phi) is 2.04. The Bertz CT molecular complexity index is 533. The third kappa shape index (κ3) is 1.46. The summed E-state index contributed by atoms with van der Waals surface area (Å²) < 4.78 is 1.07. The average molecular weight is 233 g/mol. The van der Waals surface area contributed by atoms with Crippen molar-refractivity contribution in [1.29, 1.82) is 0 Å². The van der Waals surface area contributed by atoms with Crippen molar-refractivity contribution in [2.45, 2.75) is 9.10 Å². The third-order valence-electron chi connectivity index (χ3n) is 2.21. The number of anilines is 1. The van der Waals surface area contributed by atoms with E-state index in [0.717, 1.165) is 20.4 Å². The lowest BCUT2D eigenvalue weighted by Gasteiger charge is -2.03. The van der Waals surface area contributed by atoms with Gasteiger partial charge in [-0.25, -0.2) is 0 Å². The molecule has 1 aliphatic rings. The molecular weight excluding hydrogens is 226 g/mol. The van der Waals surface area contributed by atoms with Crippen LogP contribution >= 0.6 is 23.1 Å². The van der Waals surface area contributed by atoms with Crippen LogP contribution in [0.15, 0.2) is 44.8 Å². The summed E-state index contributed by atoms with van der Waals surface area (Å²) in [6.45, 7) is 0. The van der Waals surface area contributed by atoms with Gasteiger partial charge in [-0.3, -0.25) is 4.79 Å². The van der Waals surface area contributed by atoms with Crippen LogP contribution in [0.2, 0.25) is 0 Å². The predicted molar refractivity (Wildman–Crippen MR) is 62.8 cm³/mol. The number of benzene rings is 1. The maximum Gasteiger partial charge on any atom is 0.257 e. The molecule has 1 aromatic heterocycles. The Morgan fingerprint density at radius 1 is 1.13 bits per heavy atom. The summed E-state index contributed by atoms with van der Waals surface area (Å²) in [6, 6.07) is 9.73. The van der Waals surface area contributed by atoms with Crippen molar-refractivity contribution < 1.29 is 4.79 Å². The zero-order valence-corrected chi connectivity index (χ0v) is 9.32. The normalized spacial score (nSPS) is 13.7. The number of thiophene rings is 1. The first-order valence-corrected chi connectivity index (χ1v) is 6.20. The topological polar surface area (TPSA) is 29.1 Å². The molecule has 0 unspecified atom stereocenters. The molecule has 0 fully saturated rings. The van der Waals surface area contributed by atoms with Crippen LogP contribution < -0.4 is 5.32 Å². The van der Waals surface area contributed by atoms with E-state index in [2.05, 4.69) is 5.32 Å². The van der Waals surface area contributed by atoms with Gasteiger partial charge in [0.25, 0.3) is 5.91 Å². The number of hydrogen-bond donors (Lipinski definition) is 1. The number of amides is 1. The molecule has 74 valence electrons. The van der Waals surface area contributed by atoms with E-state index in [-0.39, 0.29) is 5.91 Å². The average Bonchev–Trinajstić information content (AvgIpc) is 2.64. The minimum absolute atomic E-state index is 0.0105. The summed E-state index contributed by atoms with van der Waals surface area (Å²) in [6.07, 6.45) is 0. The molecule has 2 aromatic rings. The van der Waals surface area contributed by atoms with Gasteiger partial charge in [0.2, 0.25) is 0 Å². The number of hydrogen-bond acceptors (Lipinski definition) is 3. The monoisotopic (exact) mass is 233 g/mol. The number of para-hydroxylation sites is 1. The van der Waals surface area contributed by atoms with E-state index in [0.29, 0.717) is 0 Å². The fourth-order valence-electron chi connectivity index (χ4n) is 1.49. The minimum atomic E-state index is -0.0105. The molecule has 0 spiro atoms. The second-order valence-electron chi connectivity index (χ2n) is 3.17. The molecule has 15 heavy (non-hydrogen) atoms. The molecule has 0 saturated carbocycles. The quantitative estimate of drug-likeness (QED) is 0.755. The Morgan fingerprint density at radius 2 is 2.00 bits per heavy atom. The molecular formula is C11H7NOS2. The molecule has 1 aromatic carbocycles. The number of carbonyl (C=O) groups is 1. The highest BCUT2D eigenvalue weighted by Crippen LogP contribution is 2.41. The molecule has 1 aliphatic heterocycles. The van der Waals surface area contributed by atoms with Crippen LogP contribution in [0.25, 0.3) is 0 Å². The minimum Gasteiger partial charge on any atom is -0.321 e. The second kappa shape index (κ2) is 3.40. The van der Waals surface area contributed by atoms with E-state index >= 15 is 0 Å². The predicted octanol–water partition coefficient (Wildman–Crippen LogP) is 3.47. The molecule has 0 aliphatic carbocycles. The molecule has 4 heteroatoms. The van der Waals surface area contributed by atoms with Gasteiger partial charge in [-0.05, 0) is 23.6 Å². The zero-order valence-electron chi connectivity index (χ0n) is 7.69. The van der Waals surface area contributed by atoms with E-state index < -0.39 is 0 Å². The summed E-state index contributed by atoms with van der Waals surface area (Å²) in [5.74, 6) is -0.0105. The van der Waals surface area contributed by atoms with Crippen LogP contribution in [-0.4, -0.2) is 5.91 Å². The Morgan fingerprint density at radius 3 is 2.93 bits per heavy atom. The highest BCUT2D eigenvalue weighted by atomic mass is 32.2. The SMILES string of the molecule is O=C1Nc2ccccc2Sc2sccc21. The van der Waals surface area contributed by atoms with Gasteiger partial charge in [-0.15, -0.1) is 11.3 Å². The van der Waals surface area contributed by atoms with E-state index in [1.54, 1.807) is 23.1 Å². The highest BCUT2D eigenvalue weighted by Gasteiger charge is 2.20. The number of carbonyl (C=O) groups excluding carboxylic acids is 1. The van der Waals surface area contributed by atoms with Crippen molar-refractivity contribution in [1.82, 2.24) is 0 Å². The van der Waals surface area contributed by atoms with Gasteiger partial charge in [0.1, 0.15) is 0 Å². The molecule has 2 heterocycles. The smallest absolute Gasteiger partial charge is 0.257 e. The molecule has 1 N–H and O–H groups in total. The van der Waals surface area contributed by atoms with Crippen LogP contribution in [0.1, 0.15) is 10.4 Å². The van der Waals surface area contributed by atoms with Crippen LogP contribution in [-0.2, 0) is 0 Å². The van der Waals surface area contributed by atoms with E-state index in [1.165, 1.54) is 0 Å². The van der Waals surface area contributed by atoms with Crippen LogP contribution in [0, 0.1) is 0 Å². The van der Waals surface area contributed by atoms with Gasteiger partial charge in [0, 0.05) is 4.90 Å². The Labute approximate surface area is 95.3 Å². The lowest BCUT2D eigenvalue weighted by molar-refractivity contribution is 0.102. The standard InChI is InChI=1S/C11H7NOS2/c13-10-7-5-6-14-11(7)15-9-4-2-1-3-8(9)12-10/h1-6H,(H,12,13). The van der Waals surface area contributed by atoms with E-state index in [1.807, 2.05) is 35.7 Å². The second-order valence-corrected chi connectivity index (χ2v) is 5.40. The lowest BCUT2D eigenvalue weighted by atomic mass is 10.3. The van der Waals surface area contributed by atoms with Gasteiger partial charge >= 0.3 is 0 Å². The van der Waals surface area contributed by atoms with Gasteiger partial charge in [-0.2, -0.15) is 0 Å². The summed E-state index contributed by atoms with van der Waals surface area (Å²) >= 11 is 3.26. The highest BCUT2D eigenvalue weighted by molar-refractivity contribution is 8.01. The first kappa shape index (κ1) is 9.00. The van der Waals surface area contributed by atoms with Crippen molar-refractivity contribution in [3.05, 3.63) is 41.3 Å². The van der Waals surface area contributed by atoms with Crippen molar-refractivity contribution in [3.63, 3.8) is 0 Å². The molecule has 0 bridgehead atoms. The Hall–Kier alpha value is -1.26. The van der Waals surface area contributed by atoms with Gasteiger partial charge in [-0.1, -0.05) is 23.9 Å². The summed E-state index contributed by atoms with van der Waals surface area (Å²) in [7, 11) is 0. The molecule has 2 nitrogen and oxygen atoms in total. The van der Waals surface area contributed by atoms with Gasteiger partial charge < -0.3 is 5.32 Å². The zero-order chi connectivity index (χ0) is 10.3. The lowest BCUT2D eigenvalue weighted by Crippen LogP contribution is -2.10. The molecule has 0 saturated heterocycles. The maximum atomic E-state index is 11.8. The molecule has 1 amide bonds.